The zero-order valence-electron chi connectivity index (χ0n) is 5.41. The molecule has 2 N–H and O–H groups in total. The molecule has 0 unspecified atom stereocenters. The van der Waals surface area contributed by atoms with E-state index in [9.17, 15) is 0 Å². The Balaban J connectivity index is 2.46. The van der Waals surface area contributed by atoms with Crippen LogP contribution < -0.4 is 5.73 Å². The van der Waals surface area contributed by atoms with Crippen LogP contribution in [0, 0.1) is 0 Å². The second kappa shape index (κ2) is 2.85. The van der Waals surface area contributed by atoms with Crippen molar-refractivity contribution in [2.75, 3.05) is 13.7 Å². The van der Waals surface area contributed by atoms with Crippen LogP contribution in [0.4, 0.5) is 0 Å². The van der Waals surface area contributed by atoms with Gasteiger partial charge in [-0.15, -0.1) is 0 Å². The highest BCUT2D eigenvalue weighted by Crippen LogP contribution is 2.04. The molecular weight excluding hydrogens is 118 g/mol. The van der Waals surface area contributed by atoms with E-state index in [1.807, 2.05) is 6.08 Å². The number of methoxy groups -OCH3 is 1. The van der Waals surface area contributed by atoms with Gasteiger partial charge in [0.05, 0.1) is 18.4 Å². The van der Waals surface area contributed by atoms with E-state index in [-0.39, 0.29) is 12.1 Å². The zero-order chi connectivity index (χ0) is 6.69. The van der Waals surface area contributed by atoms with Gasteiger partial charge in [0.1, 0.15) is 6.61 Å². The normalized spacial score (nSPS) is 34.0. The fraction of sp³-hybridized carbons (Fsp3) is 0.667. The van der Waals surface area contributed by atoms with Gasteiger partial charge >= 0.3 is 0 Å². The Labute approximate surface area is 54.4 Å². The molecule has 0 spiro atoms. The largest absolute Gasteiger partial charge is 0.500 e. The van der Waals surface area contributed by atoms with E-state index >= 15 is 0 Å². The zero-order valence-corrected chi connectivity index (χ0v) is 5.41. The number of nitrogens with two attached hydrogens (primary N) is 1. The third-order valence-corrected chi connectivity index (χ3v) is 1.35. The molecule has 3 heteroatoms. The van der Waals surface area contributed by atoms with Crippen molar-refractivity contribution < 1.29 is 9.47 Å². The lowest BCUT2D eigenvalue weighted by molar-refractivity contribution is 0.0687. The molecule has 1 aliphatic heterocycles. The van der Waals surface area contributed by atoms with Crippen molar-refractivity contribution in [3.8, 4) is 0 Å². The molecule has 0 radical (unpaired) electrons. The molecule has 1 aliphatic rings. The molecule has 0 bridgehead atoms. The van der Waals surface area contributed by atoms with Crippen LogP contribution in [0.2, 0.25) is 0 Å². The van der Waals surface area contributed by atoms with E-state index in [4.69, 9.17) is 15.2 Å². The summed E-state index contributed by atoms with van der Waals surface area (Å²) in [6.07, 6.45) is 3.46. The second-order valence-electron chi connectivity index (χ2n) is 2.03. The Morgan fingerprint density at radius 3 is 3.00 bits per heavy atom. The average molecular weight is 129 g/mol. The van der Waals surface area contributed by atoms with Crippen molar-refractivity contribution in [2.45, 2.75) is 12.1 Å². The van der Waals surface area contributed by atoms with E-state index in [0.29, 0.717) is 6.61 Å². The van der Waals surface area contributed by atoms with Crippen molar-refractivity contribution in [2.24, 2.45) is 5.73 Å². The van der Waals surface area contributed by atoms with Gasteiger partial charge in [0, 0.05) is 7.11 Å². The van der Waals surface area contributed by atoms with Crippen LogP contribution in [0.15, 0.2) is 12.3 Å². The van der Waals surface area contributed by atoms with Crippen molar-refractivity contribution in [1.82, 2.24) is 0 Å². The smallest absolute Gasteiger partial charge is 0.105 e. The molecule has 52 valence electrons. The fourth-order valence-corrected chi connectivity index (χ4v) is 0.791. The molecule has 0 saturated heterocycles. The van der Waals surface area contributed by atoms with Gasteiger partial charge in [0.15, 0.2) is 0 Å². The van der Waals surface area contributed by atoms with Crippen LogP contribution >= 0.6 is 0 Å². The SMILES string of the molecule is CO[C@H]1C=COC[C@@H]1N. The van der Waals surface area contributed by atoms with Gasteiger partial charge < -0.3 is 15.2 Å². The lowest BCUT2D eigenvalue weighted by Gasteiger charge is -2.22. The maximum absolute atomic E-state index is 5.59. The van der Waals surface area contributed by atoms with Crippen molar-refractivity contribution >= 4 is 0 Å². The highest BCUT2D eigenvalue weighted by Gasteiger charge is 2.17. The van der Waals surface area contributed by atoms with Crippen LogP contribution in [0.5, 0.6) is 0 Å². The molecule has 0 aromatic rings. The summed E-state index contributed by atoms with van der Waals surface area (Å²) in [7, 11) is 1.64. The third kappa shape index (κ3) is 1.43. The summed E-state index contributed by atoms with van der Waals surface area (Å²) >= 11 is 0. The molecule has 0 aromatic heterocycles. The molecule has 0 amide bonds. The summed E-state index contributed by atoms with van der Waals surface area (Å²) in [6.45, 7) is 0.551. The topological polar surface area (TPSA) is 44.5 Å². The standard InChI is InChI=1S/C6H11NO2/c1-8-6-2-3-9-4-5(6)7/h2-3,5-6H,4,7H2,1H3/t5-,6-/m0/s1. The van der Waals surface area contributed by atoms with Gasteiger partial charge in [-0.1, -0.05) is 0 Å². The summed E-state index contributed by atoms with van der Waals surface area (Å²) in [6, 6.07) is -0.0139. The maximum Gasteiger partial charge on any atom is 0.105 e. The van der Waals surface area contributed by atoms with Crippen LogP contribution in [-0.2, 0) is 9.47 Å². The van der Waals surface area contributed by atoms with E-state index in [1.54, 1.807) is 13.4 Å². The first-order chi connectivity index (χ1) is 4.34. The minimum absolute atomic E-state index is 0.0139. The van der Waals surface area contributed by atoms with E-state index < -0.39 is 0 Å². The molecule has 3 nitrogen and oxygen atoms in total. The van der Waals surface area contributed by atoms with Crippen LogP contribution in [0.3, 0.4) is 0 Å². The monoisotopic (exact) mass is 129 g/mol. The minimum atomic E-state index is -0.0139. The average Bonchev–Trinajstić information content (AvgIpc) is 1.89. The Bertz CT molecular complexity index is 114. The third-order valence-electron chi connectivity index (χ3n) is 1.35. The quantitative estimate of drug-likeness (QED) is 0.536. The minimum Gasteiger partial charge on any atom is -0.500 e. The molecule has 9 heavy (non-hydrogen) atoms. The van der Waals surface area contributed by atoms with Crippen molar-refractivity contribution in [3.63, 3.8) is 0 Å². The Morgan fingerprint density at radius 1 is 1.78 bits per heavy atom. The van der Waals surface area contributed by atoms with Crippen molar-refractivity contribution in [3.05, 3.63) is 12.3 Å². The van der Waals surface area contributed by atoms with Gasteiger partial charge in [-0.25, -0.2) is 0 Å². The molecule has 0 aromatic carbocycles. The van der Waals surface area contributed by atoms with Gasteiger partial charge in [0.25, 0.3) is 0 Å². The first-order valence-corrected chi connectivity index (χ1v) is 2.91. The maximum atomic E-state index is 5.59. The van der Waals surface area contributed by atoms with E-state index in [1.165, 1.54) is 0 Å². The Hall–Kier alpha value is -0.540. The van der Waals surface area contributed by atoms with E-state index in [0.717, 1.165) is 0 Å². The van der Waals surface area contributed by atoms with Crippen molar-refractivity contribution in [1.29, 1.82) is 0 Å². The molecular formula is C6H11NO2. The fourth-order valence-electron chi connectivity index (χ4n) is 0.791. The first kappa shape index (κ1) is 6.58. The van der Waals surface area contributed by atoms with Crippen LogP contribution in [0.1, 0.15) is 0 Å². The molecule has 1 heterocycles. The molecule has 2 atom stereocenters. The summed E-state index contributed by atoms with van der Waals surface area (Å²) in [4.78, 5) is 0. The Kier molecular flexibility index (Phi) is 2.08. The highest BCUT2D eigenvalue weighted by atomic mass is 16.5. The molecule has 0 aliphatic carbocycles. The lowest BCUT2D eigenvalue weighted by atomic mass is 10.1. The number of hydrogen-bond acceptors (Lipinski definition) is 3. The number of hydrogen-bond donors (Lipinski definition) is 1. The summed E-state index contributed by atoms with van der Waals surface area (Å²) < 4.78 is 9.94. The lowest BCUT2D eigenvalue weighted by Crippen LogP contribution is -2.40. The summed E-state index contributed by atoms with van der Waals surface area (Å²) in [5.74, 6) is 0. The predicted molar refractivity (Wildman–Crippen MR) is 33.9 cm³/mol. The number of ether oxygens (including phenoxy) is 2. The molecule has 0 saturated carbocycles. The molecule has 1 rings (SSSR count). The summed E-state index contributed by atoms with van der Waals surface area (Å²) in [5.41, 5.74) is 5.59. The van der Waals surface area contributed by atoms with Gasteiger partial charge in [-0.3, -0.25) is 0 Å². The van der Waals surface area contributed by atoms with Gasteiger partial charge in [-0.2, -0.15) is 0 Å². The molecule has 0 fully saturated rings. The van der Waals surface area contributed by atoms with Gasteiger partial charge in [-0.05, 0) is 6.08 Å². The Morgan fingerprint density at radius 2 is 2.56 bits per heavy atom. The predicted octanol–water partition coefficient (Wildman–Crippen LogP) is -0.127. The van der Waals surface area contributed by atoms with Gasteiger partial charge in [0.2, 0.25) is 0 Å². The van der Waals surface area contributed by atoms with Crippen LogP contribution in [0.25, 0.3) is 0 Å². The van der Waals surface area contributed by atoms with Crippen LogP contribution in [-0.4, -0.2) is 25.9 Å². The number of rotatable bonds is 1. The van der Waals surface area contributed by atoms with E-state index in [2.05, 4.69) is 0 Å². The second-order valence-corrected chi connectivity index (χ2v) is 2.03. The first-order valence-electron chi connectivity index (χ1n) is 2.91. The summed E-state index contributed by atoms with van der Waals surface area (Å²) in [5, 5.41) is 0. The highest BCUT2D eigenvalue weighted by molar-refractivity contribution is 4.95.